The lowest BCUT2D eigenvalue weighted by atomic mass is 10.1. The predicted octanol–water partition coefficient (Wildman–Crippen LogP) is 2.25. The highest BCUT2D eigenvalue weighted by molar-refractivity contribution is 6.28. The van der Waals surface area contributed by atoms with Crippen molar-refractivity contribution in [3.8, 4) is 0 Å². The minimum absolute atomic E-state index is 0.0210. The van der Waals surface area contributed by atoms with E-state index in [2.05, 4.69) is 15.3 Å². The molecule has 0 aliphatic carbocycles. The maximum absolute atomic E-state index is 10.7. The van der Waals surface area contributed by atoms with E-state index in [0.717, 1.165) is 6.20 Å². The van der Waals surface area contributed by atoms with E-state index >= 15 is 0 Å². The Morgan fingerprint density at radius 2 is 2.13 bits per heavy atom. The Kier molecular flexibility index (Phi) is 3.09. The number of hydrogen-bond acceptors (Lipinski definition) is 5. The summed E-state index contributed by atoms with van der Waals surface area (Å²) in [7, 11) is 0. The number of rotatable bonds is 2. The quantitative estimate of drug-likeness (QED) is 0.479. The van der Waals surface area contributed by atoms with E-state index < -0.39 is 4.92 Å². The van der Waals surface area contributed by atoms with Crippen LogP contribution in [-0.2, 0) is 0 Å². The van der Waals surface area contributed by atoms with Gasteiger partial charge in [-0.15, -0.1) is 0 Å². The lowest BCUT2D eigenvalue weighted by Crippen LogP contribution is -2.27. The summed E-state index contributed by atoms with van der Waals surface area (Å²) in [5.74, 6) is 0.132. The van der Waals surface area contributed by atoms with Crippen LogP contribution < -0.4 is 5.32 Å². The summed E-state index contributed by atoms with van der Waals surface area (Å²) in [5.41, 5.74) is -0.517. The Hall–Kier alpha value is -1.43. The second-order valence-corrected chi connectivity index (χ2v) is 4.34. The molecule has 1 heterocycles. The Balaban J connectivity index is 3.13. The van der Waals surface area contributed by atoms with Gasteiger partial charge in [-0.05, 0) is 32.4 Å². The molecule has 0 fully saturated rings. The van der Waals surface area contributed by atoms with Crippen molar-refractivity contribution in [2.24, 2.45) is 0 Å². The number of hydrogen-bond donors (Lipinski definition) is 1. The van der Waals surface area contributed by atoms with Crippen molar-refractivity contribution in [3.05, 3.63) is 21.6 Å². The minimum Gasteiger partial charge on any atom is -0.360 e. The van der Waals surface area contributed by atoms with Gasteiger partial charge >= 0.3 is 5.69 Å². The smallest absolute Gasteiger partial charge is 0.329 e. The van der Waals surface area contributed by atoms with E-state index in [4.69, 9.17) is 11.6 Å². The first-order chi connectivity index (χ1) is 6.79. The Bertz CT molecular complexity index is 389. The maximum Gasteiger partial charge on any atom is 0.329 e. The molecule has 0 spiro atoms. The van der Waals surface area contributed by atoms with Crippen LogP contribution in [0.25, 0.3) is 0 Å². The van der Waals surface area contributed by atoms with E-state index in [0.29, 0.717) is 0 Å². The number of aromatic nitrogens is 2. The van der Waals surface area contributed by atoms with E-state index in [9.17, 15) is 10.1 Å². The molecule has 1 aromatic rings. The van der Waals surface area contributed by atoms with Crippen molar-refractivity contribution in [2.45, 2.75) is 26.3 Å². The molecule has 15 heavy (non-hydrogen) atoms. The summed E-state index contributed by atoms with van der Waals surface area (Å²) in [4.78, 5) is 17.5. The van der Waals surface area contributed by atoms with Crippen LogP contribution in [0.2, 0.25) is 5.28 Å². The molecule has 0 aromatic carbocycles. The van der Waals surface area contributed by atoms with Crippen molar-refractivity contribution >= 4 is 23.1 Å². The summed E-state index contributed by atoms with van der Waals surface area (Å²) in [5, 5.41) is 13.5. The molecular formula is C8H11ClN4O2. The molecule has 0 unspecified atom stereocenters. The first kappa shape index (κ1) is 11.6. The third kappa shape index (κ3) is 3.32. The molecule has 0 radical (unpaired) electrons. The molecule has 1 aromatic heterocycles. The van der Waals surface area contributed by atoms with Crippen LogP contribution in [0.1, 0.15) is 20.8 Å². The predicted molar refractivity (Wildman–Crippen MR) is 57.1 cm³/mol. The van der Waals surface area contributed by atoms with Crippen LogP contribution in [0.3, 0.4) is 0 Å². The first-order valence-corrected chi connectivity index (χ1v) is 4.62. The van der Waals surface area contributed by atoms with Gasteiger partial charge in [-0.1, -0.05) is 0 Å². The molecule has 0 aliphatic heterocycles. The fourth-order valence-corrected chi connectivity index (χ4v) is 1.07. The zero-order valence-electron chi connectivity index (χ0n) is 8.61. The van der Waals surface area contributed by atoms with Crippen LogP contribution in [0.4, 0.5) is 11.5 Å². The SMILES string of the molecule is CC(C)(C)Nc1nc(Cl)ncc1[N+](=O)[O-]. The maximum atomic E-state index is 10.7. The highest BCUT2D eigenvalue weighted by Gasteiger charge is 2.21. The van der Waals surface area contributed by atoms with Gasteiger partial charge in [0.25, 0.3) is 0 Å². The van der Waals surface area contributed by atoms with Gasteiger partial charge < -0.3 is 5.32 Å². The molecule has 6 nitrogen and oxygen atoms in total. The molecular weight excluding hydrogens is 220 g/mol. The normalized spacial score (nSPS) is 11.2. The van der Waals surface area contributed by atoms with Gasteiger partial charge in [0.2, 0.25) is 11.1 Å². The van der Waals surface area contributed by atoms with Gasteiger partial charge in [-0.3, -0.25) is 10.1 Å². The molecule has 1 rings (SSSR count). The summed E-state index contributed by atoms with van der Waals surface area (Å²) in [6.45, 7) is 5.60. The number of nitrogens with one attached hydrogen (secondary N) is 1. The van der Waals surface area contributed by atoms with E-state index in [1.165, 1.54) is 0 Å². The van der Waals surface area contributed by atoms with Gasteiger partial charge in [-0.2, -0.15) is 4.98 Å². The average molecular weight is 231 g/mol. The van der Waals surface area contributed by atoms with Crippen molar-refractivity contribution < 1.29 is 4.92 Å². The fourth-order valence-electron chi connectivity index (χ4n) is 0.935. The van der Waals surface area contributed by atoms with Gasteiger partial charge in [-0.25, -0.2) is 4.98 Å². The molecule has 7 heteroatoms. The summed E-state index contributed by atoms with van der Waals surface area (Å²) in [6.07, 6.45) is 1.09. The van der Waals surface area contributed by atoms with Crippen molar-refractivity contribution in [1.82, 2.24) is 9.97 Å². The minimum atomic E-state index is -0.551. The first-order valence-electron chi connectivity index (χ1n) is 4.25. The number of halogens is 1. The number of anilines is 1. The molecule has 82 valence electrons. The van der Waals surface area contributed by atoms with Gasteiger partial charge in [0.15, 0.2) is 0 Å². The highest BCUT2D eigenvalue weighted by atomic mass is 35.5. The van der Waals surface area contributed by atoms with Crippen molar-refractivity contribution in [3.63, 3.8) is 0 Å². The third-order valence-electron chi connectivity index (χ3n) is 1.43. The van der Waals surface area contributed by atoms with E-state index in [1.54, 1.807) is 0 Å². The van der Waals surface area contributed by atoms with Crippen molar-refractivity contribution in [1.29, 1.82) is 0 Å². The average Bonchev–Trinajstić information content (AvgIpc) is 1.99. The lowest BCUT2D eigenvalue weighted by Gasteiger charge is -2.20. The topological polar surface area (TPSA) is 81.0 Å². The molecule has 0 bridgehead atoms. The molecule has 0 atom stereocenters. The Morgan fingerprint density at radius 3 is 2.60 bits per heavy atom. The zero-order valence-corrected chi connectivity index (χ0v) is 9.37. The number of nitro groups is 1. The molecule has 0 aliphatic rings. The number of nitrogens with zero attached hydrogens (tertiary/aromatic N) is 3. The lowest BCUT2D eigenvalue weighted by molar-refractivity contribution is -0.384. The summed E-state index contributed by atoms with van der Waals surface area (Å²) in [6, 6.07) is 0. The largest absolute Gasteiger partial charge is 0.360 e. The van der Waals surface area contributed by atoms with E-state index in [-0.39, 0.29) is 22.3 Å². The van der Waals surface area contributed by atoms with Crippen LogP contribution in [0, 0.1) is 10.1 Å². The molecule has 0 amide bonds. The van der Waals surface area contributed by atoms with Crippen LogP contribution in [-0.4, -0.2) is 20.4 Å². The Morgan fingerprint density at radius 1 is 1.53 bits per heavy atom. The van der Waals surface area contributed by atoms with Crippen LogP contribution >= 0.6 is 11.6 Å². The Labute approximate surface area is 91.8 Å². The molecule has 0 saturated heterocycles. The standard InChI is InChI=1S/C8H11ClN4O2/c1-8(2,3)12-6-5(13(14)15)4-10-7(9)11-6/h4H,1-3H3,(H,10,11,12). The second-order valence-electron chi connectivity index (χ2n) is 4.00. The van der Waals surface area contributed by atoms with Crippen LogP contribution in [0.5, 0.6) is 0 Å². The summed E-state index contributed by atoms with van der Waals surface area (Å²) < 4.78 is 0. The van der Waals surface area contributed by atoms with E-state index in [1.807, 2.05) is 20.8 Å². The van der Waals surface area contributed by atoms with Gasteiger partial charge in [0, 0.05) is 5.54 Å². The molecule has 1 N–H and O–H groups in total. The van der Waals surface area contributed by atoms with Crippen molar-refractivity contribution in [2.75, 3.05) is 5.32 Å². The molecule has 0 saturated carbocycles. The summed E-state index contributed by atoms with van der Waals surface area (Å²) >= 11 is 5.57. The zero-order chi connectivity index (χ0) is 11.6. The monoisotopic (exact) mass is 230 g/mol. The van der Waals surface area contributed by atoms with Gasteiger partial charge in [0.1, 0.15) is 6.20 Å². The fraction of sp³-hybridized carbons (Fsp3) is 0.500. The van der Waals surface area contributed by atoms with Crippen LogP contribution in [0.15, 0.2) is 6.20 Å². The highest BCUT2D eigenvalue weighted by Crippen LogP contribution is 2.24. The van der Waals surface area contributed by atoms with Gasteiger partial charge in [0.05, 0.1) is 4.92 Å². The second kappa shape index (κ2) is 3.98. The third-order valence-corrected chi connectivity index (χ3v) is 1.61.